The van der Waals surface area contributed by atoms with Gasteiger partial charge in [0.05, 0.1) is 15.9 Å². The van der Waals surface area contributed by atoms with Crippen molar-refractivity contribution < 1.29 is 22.8 Å². The first kappa shape index (κ1) is 15.7. The zero-order chi connectivity index (χ0) is 15.7. The van der Waals surface area contributed by atoms with Crippen molar-refractivity contribution in [2.24, 2.45) is 0 Å². The predicted molar refractivity (Wildman–Crippen MR) is 79.0 cm³/mol. The molecule has 0 aliphatic carbocycles. The third kappa shape index (κ3) is 3.16. The van der Waals surface area contributed by atoms with E-state index < -0.39 is 17.6 Å². The average Bonchev–Trinajstić information content (AvgIpc) is 2.46. The van der Waals surface area contributed by atoms with Crippen LogP contribution in [0.1, 0.15) is 0 Å². The van der Waals surface area contributed by atoms with Crippen LogP contribution in [0.4, 0.5) is 5.69 Å². The van der Waals surface area contributed by atoms with Gasteiger partial charge >= 0.3 is 7.60 Å². The van der Waals surface area contributed by atoms with E-state index in [0.29, 0.717) is 0 Å². The maximum Gasteiger partial charge on any atom is 0.358 e. The van der Waals surface area contributed by atoms with Crippen molar-refractivity contribution in [3.8, 4) is 0 Å². The monoisotopic (exact) mass is 326 g/mol. The molecule has 0 saturated heterocycles. The highest BCUT2D eigenvalue weighted by Gasteiger charge is 2.28. The smallest absolute Gasteiger partial charge is 0.321 e. The van der Waals surface area contributed by atoms with Crippen LogP contribution in [-0.2, 0) is 14.6 Å². The molecule has 0 saturated carbocycles. The zero-order valence-electron chi connectivity index (χ0n) is 11.0. The molecule has 2 aromatic rings. The number of anilines is 1. The largest absolute Gasteiger partial charge is 0.358 e. The summed E-state index contributed by atoms with van der Waals surface area (Å²) in [4.78, 5) is 18.6. The van der Waals surface area contributed by atoms with E-state index in [2.05, 4.69) is 6.07 Å². The van der Waals surface area contributed by atoms with Crippen molar-refractivity contribution in [1.82, 2.24) is 0 Å². The molecule has 0 amide bonds. The maximum absolute atomic E-state index is 12.5. The van der Waals surface area contributed by atoms with Crippen LogP contribution in [0.2, 0.25) is 0 Å². The Morgan fingerprint density at radius 3 is 2.29 bits per heavy atom. The molecule has 6 nitrogen and oxygen atoms in total. The highest BCUT2D eigenvalue weighted by atomic mass is 32.2. The Kier molecular flexibility index (Phi) is 4.20. The van der Waals surface area contributed by atoms with Gasteiger partial charge in [-0.3, -0.25) is 8.87 Å². The topological polar surface area (TPSA) is 94.9 Å². The molecule has 0 bridgehead atoms. The van der Waals surface area contributed by atoms with Gasteiger partial charge in [-0.1, -0.05) is 30.3 Å². The van der Waals surface area contributed by atoms with Crippen LogP contribution in [0.5, 0.6) is 0 Å². The van der Waals surface area contributed by atoms with E-state index in [1.807, 2.05) is 0 Å². The molecule has 1 radical (unpaired) electrons. The summed E-state index contributed by atoms with van der Waals surface area (Å²) in [5, 5.41) is -0.341. The minimum absolute atomic E-state index is 0.0666. The molecular formula is C13H13NO5PS. The summed E-state index contributed by atoms with van der Waals surface area (Å²) < 4.78 is 37.2. The second-order valence-electron chi connectivity index (χ2n) is 4.23. The first-order valence-electron chi connectivity index (χ1n) is 5.85. The predicted octanol–water partition coefficient (Wildman–Crippen LogP) is 1.11. The normalized spacial score (nSPS) is 12.1. The van der Waals surface area contributed by atoms with Crippen molar-refractivity contribution in [1.29, 1.82) is 0 Å². The molecule has 0 aliphatic heterocycles. The van der Waals surface area contributed by atoms with Gasteiger partial charge in [0.25, 0.3) is 10.0 Å². The molecule has 0 aromatic heterocycles. The molecule has 21 heavy (non-hydrogen) atoms. The molecule has 0 unspecified atom stereocenters. The summed E-state index contributed by atoms with van der Waals surface area (Å²) in [5.41, 5.74) is -0.0666. The highest BCUT2D eigenvalue weighted by molar-refractivity contribution is 7.92. The molecule has 0 heterocycles. The van der Waals surface area contributed by atoms with Crippen molar-refractivity contribution in [2.45, 2.75) is 4.90 Å². The first-order chi connectivity index (χ1) is 9.74. The molecule has 8 heteroatoms. The Balaban J connectivity index is 2.56. The lowest BCUT2D eigenvalue weighted by Crippen LogP contribution is -2.30. The van der Waals surface area contributed by atoms with Crippen LogP contribution < -0.4 is 9.61 Å². The number of sulfonamides is 1. The van der Waals surface area contributed by atoms with Gasteiger partial charge in [0, 0.05) is 13.1 Å². The molecule has 0 fully saturated rings. The second-order valence-corrected chi connectivity index (χ2v) is 7.74. The fraction of sp³-hybridized carbons (Fsp3) is 0.0769. The van der Waals surface area contributed by atoms with Gasteiger partial charge in [0.15, 0.2) is 0 Å². The van der Waals surface area contributed by atoms with Gasteiger partial charge in [-0.15, -0.1) is 0 Å². The summed E-state index contributed by atoms with van der Waals surface area (Å²) in [7, 11) is -7.29. The zero-order valence-corrected chi connectivity index (χ0v) is 12.8. The molecule has 0 aliphatic rings. The van der Waals surface area contributed by atoms with Crippen LogP contribution in [-0.4, -0.2) is 25.3 Å². The molecule has 2 aromatic carbocycles. The van der Waals surface area contributed by atoms with E-state index in [0.717, 1.165) is 4.31 Å². The van der Waals surface area contributed by atoms with E-state index in [-0.39, 0.29) is 15.9 Å². The molecule has 0 atom stereocenters. The van der Waals surface area contributed by atoms with Crippen LogP contribution in [0.15, 0.2) is 53.4 Å². The van der Waals surface area contributed by atoms with Crippen LogP contribution in [0.3, 0.4) is 0 Å². The van der Waals surface area contributed by atoms with E-state index >= 15 is 0 Å². The Hall–Kier alpha value is -1.66. The second kappa shape index (κ2) is 5.61. The van der Waals surface area contributed by atoms with Crippen molar-refractivity contribution in [3.63, 3.8) is 0 Å². The molecule has 111 valence electrons. The summed E-state index contributed by atoms with van der Waals surface area (Å²) in [6.07, 6.45) is 0. The van der Waals surface area contributed by atoms with E-state index in [1.54, 1.807) is 12.1 Å². The number of hydrogen-bond acceptors (Lipinski definition) is 3. The summed E-state index contributed by atoms with van der Waals surface area (Å²) in [6.45, 7) is 0. The van der Waals surface area contributed by atoms with Crippen LogP contribution in [0.25, 0.3) is 0 Å². The van der Waals surface area contributed by atoms with Crippen molar-refractivity contribution in [3.05, 3.63) is 54.6 Å². The number of rotatable bonds is 4. The SMILES string of the molecule is CN(c1ccccc1P(=O)(O)O)S(=O)(=O)c1[c]cccc1. The standard InChI is InChI=1S/C13H13NO5PS/c1-14(21(18,19)11-7-3-2-4-8-11)12-9-5-6-10-13(12)20(15,16)17/h2-7,9-10H,1H3,(H2,15,16,17). The third-order valence-electron chi connectivity index (χ3n) is 2.85. The number of benzene rings is 2. The summed E-state index contributed by atoms with van der Waals surface area (Å²) in [6, 6.07) is 14.1. The van der Waals surface area contributed by atoms with Gasteiger partial charge in [-0.05, 0) is 18.2 Å². The average molecular weight is 326 g/mol. The van der Waals surface area contributed by atoms with Gasteiger partial charge in [0.1, 0.15) is 0 Å². The Morgan fingerprint density at radius 1 is 1.10 bits per heavy atom. The quantitative estimate of drug-likeness (QED) is 0.821. The lowest BCUT2D eigenvalue weighted by atomic mass is 10.3. The summed E-state index contributed by atoms with van der Waals surface area (Å²) >= 11 is 0. The number of para-hydroxylation sites is 1. The van der Waals surface area contributed by atoms with E-state index in [4.69, 9.17) is 0 Å². The molecule has 0 spiro atoms. The first-order valence-corrected chi connectivity index (χ1v) is 8.90. The molecular weight excluding hydrogens is 313 g/mol. The minimum atomic E-state index is -4.59. The lowest BCUT2D eigenvalue weighted by molar-refractivity contribution is 0.387. The summed E-state index contributed by atoms with van der Waals surface area (Å²) in [5.74, 6) is 0. The molecule has 2 rings (SSSR count). The van der Waals surface area contributed by atoms with Gasteiger partial charge in [0.2, 0.25) is 0 Å². The molecule has 2 N–H and O–H groups in total. The van der Waals surface area contributed by atoms with Crippen LogP contribution >= 0.6 is 7.60 Å². The van der Waals surface area contributed by atoms with Gasteiger partial charge in [-0.2, -0.15) is 0 Å². The van der Waals surface area contributed by atoms with Crippen LogP contribution in [0, 0.1) is 6.07 Å². The lowest BCUT2D eigenvalue weighted by Gasteiger charge is -2.22. The fourth-order valence-electron chi connectivity index (χ4n) is 1.79. The number of hydrogen-bond donors (Lipinski definition) is 2. The Bertz CT molecular complexity index is 785. The van der Waals surface area contributed by atoms with E-state index in [9.17, 15) is 22.8 Å². The Labute approximate surface area is 122 Å². The Morgan fingerprint density at radius 2 is 1.71 bits per heavy atom. The fourth-order valence-corrected chi connectivity index (χ4v) is 3.84. The van der Waals surface area contributed by atoms with Gasteiger partial charge < -0.3 is 9.79 Å². The highest BCUT2D eigenvalue weighted by Crippen LogP contribution is 2.38. The maximum atomic E-state index is 12.5. The van der Waals surface area contributed by atoms with Crippen molar-refractivity contribution >= 4 is 28.6 Å². The third-order valence-corrected chi connectivity index (χ3v) is 5.59. The van der Waals surface area contributed by atoms with Gasteiger partial charge in [-0.25, -0.2) is 8.42 Å². The number of nitrogens with zero attached hydrogens (tertiary/aromatic N) is 1. The minimum Gasteiger partial charge on any atom is -0.321 e. The van der Waals surface area contributed by atoms with Crippen molar-refractivity contribution in [2.75, 3.05) is 11.4 Å². The van der Waals surface area contributed by atoms with E-state index in [1.165, 1.54) is 43.4 Å².